The van der Waals surface area contributed by atoms with Crippen molar-refractivity contribution in [1.29, 1.82) is 0 Å². The molecule has 1 heterocycles. The molecule has 0 bridgehead atoms. The molecule has 126 valence electrons. The number of hydrogen-bond acceptors (Lipinski definition) is 5. The first-order valence-corrected chi connectivity index (χ1v) is 8.63. The number of carbonyl (C=O) groups is 3. The second-order valence-electron chi connectivity index (χ2n) is 5.37. The number of rotatable bonds is 7. The van der Waals surface area contributed by atoms with Gasteiger partial charge in [-0.05, 0) is 19.1 Å². The van der Waals surface area contributed by atoms with Gasteiger partial charge in [-0.1, -0.05) is 18.2 Å². The molecule has 0 saturated carbocycles. The highest BCUT2D eigenvalue weighted by molar-refractivity contribution is 8.00. The first-order valence-electron chi connectivity index (χ1n) is 7.58. The number of thioether (sulfide) groups is 1. The molecule has 7 heteroatoms. The van der Waals surface area contributed by atoms with Crippen LogP contribution in [0.1, 0.15) is 23.7 Å². The molecular formula is C17H18N2O4S. The van der Waals surface area contributed by atoms with Gasteiger partial charge in [0, 0.05) is 6.42 Å². The third-order valence-electron chi connectivity index (χ3n) is 3.48. The van der Waals surface area contributed by atoms with E-state index < -0.39 is 17.3 Å². The molecule has 6 nitrogen and oxygen atoms in total. The monoisotopic (exact) mass is 346 g/mol. The van der Waals surface area contributed by atoms with Crippen molar-refractivity contribution in [3.63, 3.8) is 0 Å². The van der Waals surface area contributed by atoms with Crippen molar-refractivity contribution < 1.29 is 19.1 Å². The van der Waals surface area contributed by atoms with Gasteiger partial charge < -0.3 is 9.58 Å². The van der Waals surface area contributed by atoms with Crippen molar-refractivity contribution >= 4 is 29.5 Å². The molecule has 1 fully saturated rings. The summed E-state index contributed by atoms with van der Waals surface area (Å²) in [5.41, 5.74) is 0.427. The molecule has 1 aliphatic heterocycles. The Hall–Kier alpha value is -2.33. The molecule has 1 aromatic rings. The molecule has 0 aliphatic carbocycles. The van der Waals surface area contributed by atoms with Gasteiger partial charge in [-0.25, -0.2) is 11.4 Å². The number of imide groups is 1. The van der Waals surface area contributed by atoms with Crippen LogP contribution < -0.4 is 0 Å². The average Bonchev–Trinajstić information content (AvgIpc) is 2.83. The largest absolute Gasteiger partial charge is 0.457 e. The zero-order chi connectivity index (χ0) is 17.5. The third kappa shape index (κ3) is 4.59. The number of esters is 1. The van der Waals surface area contributed by atoms with Gasteiger partial charge in [0.1, 0.15) is 6.10 Å². The molecule has 0 radical (unpaired) electrons. The van der Waals surface area contributed by atoms with Crippen LogP contribution in [0.25, 0.3) is 4.85 Å². The lowest BCUT2D eigenvalue weighted by molar-refractivity contribution is -0.139. The summed E-state index contributed by atoms with van der Waals surface area (Å²) in [5.74, 6) is -0.481. The maximum atomic E-state index is 12.3. The fourth-order valence-corrected chi connectivity index (χ4v) is 3.35. The van der Waals surface area contributed by atoms with Gasteiger partial charge in [0.05, 0.1) is 23.1 Å². The fraction of sp³-hybridized carbons (Fsp3) is 0.412. The van der Waals surface area contributed by atoms with Crippen LogP contribution in [0.4, 0.5) is 0 Å². The zero-order valence-corrected chi connectivity index (χ0v) is 14.1. The van der Waals surface area contributed by atoms with E-state index >= 15 is 0 Å². The maximum absolute atomic E-state index is 12.3. The Bertz CT molecular complexity index is 656. The van der Waals surface area contributed by atoms with Crippen molar-refractivity contribution in [2.24, 2.45) is 0 Å². The van der Waals surface area contributed by atoms with Crippen LogP contribution >= 0.6 is 11.8 Å². The molecule has 1 aliphatic rings. The SMILES string of the molecule is [C-]#[N+]CCSC1CC(=O)N(CC(C)OC(=O)c2ccccc2)C1=O. The van der Waals surface area contributed by atoms with E-state index in [1.807, 2.05) is 0 Å². The van der Waals surface area contributed by atoms with E-state index in [9.17, 15) is 14.4 Å². The van der Waals surface area contributed by atoms with Crippen LogP contribution in [0.3, 0.4) is 0 Å². The Morgan fingerprint density at radius 2 is 2.12 bits per heavy atom. The fourth-order valence-electron chi connectivity index (χ4n) is 2.33. The molecule has 0 spiro atoms. The average molecular weight is 346 g/mol. The van der Waals surface area contributed by atoms with E-state index in [4.69, 9.17) is 11.3 Å². The van der Waals surface area contributed by atoms with Gasteiger partial charge in [0.2, 0.25) is 18.4 Å². The Balaban J connectivity index is 1.88. The Morgan fingerprint density at radius 3 is 2.79 bits per heavy atom. The quantitative estimate of drug-likeness (QED) is 0.327. The highest BCUT2D eigenvalue weighted by Crippen LogP contribution is 2.25. The second-order valence-corrected chi connectivity index (χ2v) is 6.68. The predicted molar refractivity (Wildman–Crippen MR) is 90.4 cm³/mol. The summed E-state index contributed by atoms with van der Waals surface area (Å²) in [4.78, 5) is 40.6. The van der Waals surface area contributed by atoms with Gasteiger partial charge in [-0.2, -0.15) is 0 Å². The Labute approximate surface area is 145 Å². The second kappa shape index (κ2) is 8.50. The van der Waals surface area contributed by atoms with Gasteiger partial charge in [0.25, 0.3) is 0 Å². The van der Waals surface area contributed by atoms with E-state index in [0.29, 0.717) is 17.9 Å². The number of likely N-dealkylation sites (tertiary alicyclic amines) is 1. The van der Waals surface area contributed by atoms with Crippen LogP contribution in [0, 0.1) is 6.57 Å². The number of benzene rings is 1. The van der Waals surface area contributed by atoms with Gasteiger partial charge >= 0.3 is 5.97 Å². The Kier molecular flexibility index (Phi) is 6.38. The minimum Gasteiger partial charge on any atom is -0.457 e. The minimum absolute atomic E-state index is 0.0517. The summed E-state index contributed by atoms with van der Waals surface area (Å²) in [6.45, 7) is 8.77. The van der Waals surface area contributed by atoms with Crippen LogP contribution in [0.5, 0.6) is 0 Å². The third-order valence-corrected chi connectivity index (χ3v) is 4.67. The van der Waals surface area contributed by atoms with E-state index in [1.165, 1.54) is 11.8 Å². The molecule has 2 unspecified atom stereocenters. The summed E-state index contributed by atoms with van der Waals surface area (Å²) < 4.78 is 5.30. The molecule has 2 rings (SSSR count). The first-order chi connectivity index (χ1) is 11.5. The van der Waals surface area contributed by atoms with Crippen molar-refractivity contribution in [3.05, 3.63) is 47.3 Å². The lowest BCUT2D eigenvalue weighted by Crippen LogP contribution is -2.38. The summed E-state index contributed by atoms with van der Waals surface area (Å²) >= 11 is 1.33. The number of ether oxygens (including phenoxy) is 1. The lowest BCUT2D eigenvalue weighted by Gasteiger charge is -2.20. The summed E-state index contributed by atoms with van der Waals surface area (Å²) in [5, 5.41) is -0.434. The van der Waals surface area contributed by atoms with E-state index in [-0.39, 0.29) is 24.8 Å². The summed E-state index contributed by atoms with van der Waals surface area (Å²) in [7, 11) is 0. The molecule has 2 atom stereocenters. The van der Waals surface area contributed by atoms with Crippen molar-refractivity contribution in [2.45, 2.75) is 24.7 Å². The van der Waals surface area contributed by atoms with Gasteiger partial charge in [-0.15, -0.1) is 11.8 Å². The Morgan fingerprint density at radius 1 is 1.42 bits per heavy atom. The van der Waals surface area contributed by atoms with E-state index in [0.717, 1.165) is 4.90 Å². The minimum atomic E-state index is -0.586. The molecule has 1 saturated heterocycles. The molecular weight excluding hydrogens is 328 g/mol. The first kappa shape index (κ1) is 18.0. The summed E-state index contributed by atoms with van der Waals surface area (Å²) in [6.07, 6.45) is -0.446. The zero-order valence-electron chi connectivity index (χ0n) is 13.3. The number of hydrogen-bond donors (Lipinski definition) is 0. The van der Waals surface area contributed by atoms with Crippen LogP contribution in [-0.2, 0) is 14.3 Å². The highest BCUT2D eigenvalue weighted by atomic mass is 32.2. The van der Waals surface area contributed by atoms with Crippen molar-refractivity contribution in [1.82, 2.24) is 4.90 Å². The lowest BCUT2D eigenvalue weighted by atomic mass is 10.2. The maximum Gasteiger partial charge on any atom is 0.338 e. The van der Waals surface area contributed by atoms with Gasteiger partial charge in [-0.3, -0.25) is 14.5 Å². The van der Waals surface area contributed by atoms with E-state index in [1.54, 1.807) is 37.3 Å². The number of amides is 2. The number of nitrogens with zero attached hydrogens (tertiary/aromatic N) is 2. The normalized spacial score (nSPS) is 18.3. The van der Waals surface area contributed by atoms with Crippen LogP contribution in [0.15, 0.2) is 30.3 Å². The predicted octanol–water partition coefficient (Wildman–Crippen LogP) is 2.01. The molecule has 24 heavy (non-hydrogen) atoms. The van der Waals surface area contributed by atoms with Gasteiger partial charge in [0.15, 0.2) is 0 Å². The standard InChI is InChI=1S/C17H18N2O4S/c1-12(23-17(22)13-6-4-3-5-7-13)11-19-15(20)10-14(16(19)21)24-9-8-18-2/h3-7,12,14H,8-11H2,1H3. The van der Waals surface area contributed by atoms with Crippen molar-refractivity contribution in [2.75, 3.05) is 18.8 Å². The van der Waals surface area contributed by atoms with E-state index in [2.05, 4.69) is 4.85 Å². The molecule has 1 aromatic carbocycles. The van der Waals surface area contributed by atoms with Crippen molar-refractivity contribution in [3.8, 4) is 0 Å². The van der Waals surface area contributed by atoms with Crippen LogP contribution in [-0.4, -0.2) is 52.9 Å². The smallest absolute Gasteiger partial charge is 0.338 e. The molecule has 2 amide bonds. The summed E-state index contributed by atoms with van der Waals surface area (Å²) in [6, 6.07) is 8.56. The topological polar surface area (TPSA) is 68.0 Å². The molecule has 0 N–H and O–H groups in total. The highest BCUT2D eigenvalue weighted by Gasteiger charge is 2.39. The van der Waals surface area contributed by atoms with Crippen LogP contribution in [0.2, 0.25) is 0 Å². The molecule has 0 aromatic heterocycles. The number of carbonyl (C=O) groups excluding carboxylic acids is 3.